The van der Waals surface area contributed by atoms with Gasteiger partial charge >= 0.3 is 0 Å². The van der Waals surface area contributed by atoms with E-state index >= 15 is 0 Å². The van der Waals surface area contributed by atoms with Crippen LogP contribution in [0.1, 0.15) is 0 Å². The Morgan fingerprint density at radius 2 is 0.846 bits per heavy atom. The quantitative estimate of drug-likeness (QED) is 0.166. The van der Waals surface area contributed by atoms with E-state index in [1.54, 1.807) is 12.4 Å². The molecule has 0 saturated carbocycles. The van der Waals surface area contributed by atoms with E-state index in [1.165, 1.54) is 49.0 Å². The second kappa shape index (κ2) is 12.4. The minimum Gasteiger partial charge on any atom is -0.264 e. The van der Waals surface area contributed by atoms with Gasteiger partial charge in [-0.3, -0.25) is 9.97 Å². The highest BCUT2D eigenvalue weighted by Gasteiger charge is 2.16. The third-order valence-electron chi connectivity index (χ3n) is 10.0. The van der Waals surface area contributed by atoms with Gasteiger partial charge in [-0.15, -0.1) is 0 Å². The maximum atomic E-state index is 5.19. The molecule has 0 N–H and O–H groups in total. The molecule has 4 nitrogen and oxygen atoms in total. The van der Waals surface area contributed by atoms with Crippen LogP contribution in [0.15, 0.2) is 183 Å². The van der Waals surface area contributed by atoms with E-state index in [0.29, 0.717) is 5.82 Å². The minimum atomic E-state index is 0.657. The van der Waals surface area contributed by atoms with Crippen LogP contribution in [0.2, 0.25) is 0 Å². The van der Waals surface area contributed by atoms with Crippen LogP contribution in [0.4, 0.5) is 0 Å². The lowest BCUT2D eigenvalue weighted by Crippen LogP contribution is -1.96. The number of pyridine rings is 2. The van der Waals surface area contributed by atoms with E-state index in [2.05, 4.69) is 149 Å². The van der Waals surface area contributed by atoms with Crippen LogP contribution in [0.3, 0.4) is 0 Å². The van der Waals surface area contributed by atoms with Crippen LogP contribution in [-0.4, -0.2) is 19.9 Å². The molecule has 10 rings (SSSR count). The fourth-order valence-electron chi connectivity index (χ4n) is 7.53. The van der Waals surface area contributed by atoms with E-state index in [-0.39, 0.29) is 0 Å². The normalized spacial score (nSPS) is 11.5. The van der Waals surface area contributed by atoms with Crippen LogP contribution in [0.25, 0.3) is 99.6 Å². The molecule has 0 saturated heterocycles. The van der Waals surface area contributed by atoms with E-state index in [9.17, 15) is 0 Å². The summed E-state index contributed by atoms with van der Waals surface area (Å²) in [4.78, 5) is 19.0. The monoisotopic (exact) mass is 662 g/mol. The second-order valence-corrected chi connectivity index (χ2v) is 13.1. The molecule has 0 spiro atoms. The summed E-state index contributed by atoms with van der Waals surface area (Å²) in [6, 6.07) is 56.0. The smallest absolute Gasteiger partial charge is 0.160 e. The maximum Gasteiger partial charge on any atom is 0.160 e. The van der Waals surface area contributed by atoms with Crippen LogP contribution in [0.5, 0.6) is 0 Å². The van der Waals surface area contributed by atoms with Crippen molar-refractivity contribution < 1.29 is 0 Å². The van der Waals surface area contributed by atoms with Crippen LogP contribution >= 0.6 is 0 Å². The highest BCUT2D eigenvalue weighted by Crippen LogP contribution is 2.43. The first-order chi connectivity index (χ1) is 25.8. The molecule has 0 bridgehead atoms. The van der Waals surface area contributed by atoms with Gasteiger partial charge in [-0.25, -0.2) is 9.97 Å². The predicted octanol–water partition coefficient (Wildman–Crippen LogP) is 12.2. The summed E-state index contributed by atoms with van der Waals surface area (Å²) < 4.78 is 0. The van der Waals surface area contributed by atoms with E-state index in [1.807, 2.05) is 30.6 Å². The highest BCUT2D eigenvalue weighted by atomic mass is 14.9. The molecule has 0 fully saturated rings. The minimum absolute atomic E-state index is 0.657. The van der Waals surface area contributed by atoms with Crippen molar-refractivity contribution in [2.75, 3.05) is 0 Å². The average Bonchev–Trinajstić information content (AvgIpc) is 3.23. The van der Waals surface area contributed by atoms with Gasteiger partial charge in [0.15, 0.2) is 5.82 Å². The second-order valence-electron chi connectivity index (χ2n) is 13.1. The van der Waals surface area contributed by atoms with Crippen LogP contribution in [0, 0.1) is 0 Å². The Labute approximate surface area is 301 Å². The molecule has 4 heteroatoms. The zero-order valence-corrected chi connectivity index (χ0v) is 28.1. The zero-order valence-electron chi connectivity index (χ0n) is 28.1. The molecule has 7 aromatic carbocycles. The molecule has 0 aliphatic rings. The van der Waals surface area contributed by atoms with Crippen molar-refractivity contribution in [3.8, 4) is 67.3 Å². The Bertz CT molecular complexity index is 2890. The maximum absolute atomic E-state index is 5.19. The summed E-state index contributed by atoms with van der Waals surface area (Å²) in [5.74, 6) is 0.657. The van der Waals surface area contributed by atoms with E-state index in [0.717, 1.165) is 44.8 Å². The van der Waals surface area contributed by atoms with Gasteiger partial charge in [0.2, 0.25) is 0 Å². The Kier molecular flexibility index (Phi) is 7.10. The van der Waals surface area contributed by atoms with Gasteiger partial charge in [-0.2, -0.15) is 0 Å². The molecule has 0 aliphatic carbocycles. The molecule has 3 aromatic heterocycles. The Balaban J connectivity index is 1.13. The molecule has 0 radical (unpaired) electrons. The first-order valence-corrected chi connectivity index (χ1v) is 17.4. The molecule has 242 valence electrons. The van der Waals surface area contributed by atoms with E-state index in [4.69, 9.17) is 9.97 Å². The van der Waals surface area contributed by atoms with Gasteiger partial charge in [-0.05, 0) is 96.5 Å². The summed E-state index contributed by atoms with van der Waals surface area (Å²) in [6.45, 7) is 0. The molecular formula is C48H30N4. The summed E-state index contributed by atoms with van der Waals surface area (Å²) in [7, 11) is 0. The van der Waals surface area contributed by atoms with Gasteiger partial charge in [0.05, 0.1) is 11.4 Å². The summed E-state index contributed by atoms with van der Waals surface area (Å²) >= 11 is 0. The Morgan fingerprint density at radius 3 is 1.52 bits per heavy atom. The van der Waals surface area contributed by atoms with Crippen LogP contribution < -0.4 is 0 Å². The third kappa shape index (κ3) is 5.17. The van der Waals surface area contributed by atoms with Crippen molar-refractivity contribution in [2.24, 2.45) is 0 Å². The van der Waals surface area contributed by atoms with Crippen molar-refractivity contribution >= 4 is 32.3 Å². The number of hydrogen-bond donors (Lipinski definition) is 0. The summed E-state index contributed by atoms with van der Waals surface area (Å²) in [5, 5.41) is 7.62. The van der Waals surface area contributed by atoms with Gasteiger partial charge in [0.1, 0.15) is 0 Å². The van der Waals surface area contributed by atoms with Gasteiger partial charge in [-0.1, -0.05) is 121 Å². The molecule has 52 heavy (non-hydrogen) atoms. The fourth-order valence-corrected chi connectivity index (χ4v) is 7.53. The lowest BCUT2D eigenvalue weighted by Gasteiger charge is -2.17. The van der Waals surface area contributed by atoms with Crippen molar-refractivity contribution in [1.29, 1.82) is 0 Å². The molecule has 3 heterocycles. The van der Waals surface area contributed by atoms with Gasteiger partial charge in [0, 0.05) is 47.0 Å². The number of nitrogens with zero attached hydrogens (tertiary/aromatic N) is 4. The summed E-state index contributed by atoms with van der Waals surface area (Å²) in [6.07, 6.45) is 7.31. The molecule has 0 amide bonds. The molecular weight excluding hydrogens is 633 g/mol. The molecule has 0 atom stereocenters. The van der Waals surface area contributed by atoms with E-state index < -0.39 is 0 Å². The first-order valence-electron chi connectivity index (χ1n) is 17.4. The number of benzene rings is 7. The van der Waals surface area contributed by atoms with Gasteiger partial charge < -0.3 is 0 Å². The van der Waals surface area contributed by atoms with Crippen molar-refractivity contribution in [3.63, 3.8) is 0 Å². The molecule has 10 aromatic rings. The lowest BCUT2D eigenvalue weighted by molar-refractivity contribution is 1.18. The standard InChI is InChI=1S/C48H30N4/c1-2-8-31(9-3-1)40-20-16-32-19-23-43-41(21-17-33-18-22-42(40)46(32)47(33)43)35-11-5-12-36(27-35)44-28-45(39-15-7-25-50-30-39)52-48(51-44)37-13-4-10-34(26-37)38-14-6-24-49-29-38/h1-30H. The largest absolute Gasteiger partial charge is 0.264 e. The number of hydrogen-bond acceptors (Lipinski definition) is 4. The highest BCUT2D eigenvalue weighted by molar-refractivity contribution is 6.27. The topological polar surface area (TPSA) is 51.6 Å². The van der Waals surface area contributed by atoms with Crippen LogP contribution in [-0.2, 0) is 0 Å². The number of rotatable bonds is 6. The summed E-state index contributed by atoms with van der Waals surface area (Å²) in [5.41, 5.74) is 11.5. The Hall–Kier alpha value is -7.04. The van der Waals surface area contributed by atoms with Crippen molar-refractivity contribution in [3.05, 3.63) is 183 Å². The zero-order chi connectivity index (χ0) is 34.4. The molecule has 0 aliphatic heterocycles. The molecule has 0 unspecified atom stereocenters. The Morgan fingerprint density at radius 1 is 0.327 bits per heavy atom. The van der Waals surface area contributed by atoms with Crippen molar-refractivity contribution in [1.82, 2.24) is 19.9 Å². The lowest BCUT2D eigenvalue weighted by atomic mass is 9.87. The number of aromatic nitrogens is 4. The van der Waals surface area contributed by atoms with Crippen molar-refractivity contribution in [2.45, 2.75) is 0 Å². The third-order valence-corrected chi connectivity index (χ3v) is 10.0. The predicted molar refractivity (Wildman–Crippen MR) is 214 cm³/mol. The SMILES string of the molecule is c1ccc(-c2ccc3ccc4c(-c5cccc(-c6cc(-c7cccnc7)nc(-c7cccc(-c8cccnc8)c7)n6)c5)ccc5ccc2c3c54)cc1. The first kappa shape index (κ1) is 29.8. The average molecular weight is 663 g/mol. The fraction of sp³-hybridized carbons (Fsp3) is 0. The van der Waals surface area contributed by atoms with Gasteiger partial charge in [0.25, 0.3) is 0 Å².